The van der Waals surface area contributed by atoms with Crippen molar-refractivity contribution >= 4 is 39.4 Å². The zero-order chi connectivity index (χ0) is 20.8. The lowest BCUT2D eigenvalue weighted by Crippen LogP contribution is -2.34. The maximum absolute atomic E-state index is 12.2. The molecule has 0 bridgehead atoms. The van der Waals surface area contributed by atoms with Crippen molar-refractivity contribution in [3.8, 4) is 0 Å². The fraction of sp³-hybridized carbons (Fsp3) is 0. The average Bonchev–Trinajstić information content (AvgIpc) is 2.84. The zero-order valence-corrected chi connectivity index (χ0v) is 14.1. The number of aromatic amines is 2. The van der Waals surface area contributed by atoms with E-state index in [-0.39, 0.29) is 16.2 Å². The summed E-state index contributed by atoms with van der Waals surface area (Å²) < 4.78 is 31.8. The highest BCUT2D eigenvalue weighted by Crippen LogP contribution is 2.32. The van der Waals surface area contributed by atoms with Gasteiger partial charge in [0, 0.05) is 0 Å². The van der Waals surface area contributed by atoms with Gasteiger partial charge in [0.05, 0.1) is 16.8 Å². The number of carboxylic acid groups (broad SMARTS) is 1. The standard InChI is InChI=1S/C13H7N5O9S/c19-8-7(9(28(25,26)27)15-12(22)14-8)17-16-5-3-1-2-4-6(5)11(21)18(10(4)20)13(23)24/h1-3H,(H,23,24)(H,25,26,27)(H2,14,15,19,22). The Hall–Kier alpha value is -3.98. The third-order valence-corrected chi connectivity index (χ3v) is 4.30. The van der Waals surface area contributed by atoms with Crippen LogP contribution < -0.4 is 11.2 Å². The Morgan fingerprint density at radius 3 is 2.32 bits per heavy atom. The molecule has 0 spiro atoms. The van der Waals surface area contributed by atoms with Crippen LogP contribution in [0.25, 0.3) is 0 Å². The van der Waals surface area contributed by atoms with E-state index in [1.54, 1.807) is 9.97 Å². The number of rotatable bonds is 3. The SMILES string of the molecule is O=C(O)N1C(=O)c2cccc(N=Nc3c(S(=O)(=O)O)[nH]c(=O)[nH]c3=O)c2C1=O. The lowest BCUT2D eigenvalue weighted by atomic mass is 10.1. The van der Waals surface area contributed by atoms with Crippen LogP contribution in [0, 0.1) is 0 Å². The molecule has 14 nitrogen and oxygen atoms in total. The van der Waals surface area contributed by atoms with Gasteiger partial charge < -0.3 is 5.11 Å². The quantitative estimate of drug-likeness (QED) is 0.231. The monoisotopic (exact) mass is 409 g/mol. The van der Waals surface area contributed by atoms with Gasteiger partial charge in [-0.3, -0.25) is 28.9 Å². The van der Waals surface area contributed by atoms with Crippen molar-refractivity contribution in [1.29, 1.82) is 0 Å². The van der Waals surface area contributed by atoms with Gasteiger partial charge in [-0.15, -0.1) is 10.2 Å². The van der Waals surface area contributed by atoms with Crippen LogP contribution in [0.4, 0.5) is 16.2 Å². The second-order valence-corrected chi connectivity index (χ2v) is 6.55. The van der Waals surface area contributed by atoms with Gasteiger partial charge in [-0.1, -0.05) is 6.07 Å². The Balaban J connectivity index is 2.18. The first-order valence-corrected chi connectivity index (χ1v) is 8.47. The molecule has 0 saturated heterocycles. The minimum Gasteiger partial charge on any atom is -0.464 e. The summed E-state index contributed by atoms with van der Waals surface area (Å²) in [5, 5.41) is 14.6. The summed E-state index contributed by atoms with van der Waals surface area (Å²) in [6.07, 6.45) is -1.82. The van der Waals surface area contributed by atoms with E-state index < -0.39 is 55.6 Å². The molecule has 0 aliphatic carbocycles. The zero-order valence-electron chi connectivity index (χ0n) is 13.2. The summed E-state index contributed by atoms with van der Waals surface area (Å²) in [6, 6.07) is 3.55. The Morgan fingerprint density at radius 1 is 1.04 bits per heavy atom. The minimum atomic E-state index is -5.07. The van der Waals surface area contributed by atoms with Crippen molar-refractivity contribution in [2.24, 2.45) is 10.2 Å². The molecule has 28 heavy (non-hydrogen) atoms. The van der Waals surface area contributed by atoms with Gasteiger partial charge in [-0.05, 0) is 12.1 Å². The van der Waals surface area contributed by atoms with Crippen LogP contribution in [0.3, 0.4) is 0 Å². The number of carbonyl (C=O) groups is 3. The summed E-state index contributed by atoms with van der Waals surface area (Å²) >= 11 is 0. The lowest BCUT2D eigenvalue weighted by molar-refractivity contribution is 0.0651. The third kappa shape index (κ3) is 2.99. The van der Waals surface area contributed by atoms with Gasteiger partial charge >= 0.3 is 21.9 Å². The first-order valence-electron chi connectivity index (χ1n) is 7.03. The Morgan fingerprint density at radius 2 is 1.71 bits per heavy atom. The summed E-state index contributed by atoms with van der Waals surface area (Å²) in [6.45, 7) is 0. The molecule has 0 radical (unpaired) electrons. The number of benzene rings is 1. The molecular weight excluding hydrogens is 402 g/mol. The number of imide groups is 3. The predicted octanol–water partition coefficient (Wildman–Crippen LogP) is -0.000700. The van der Waals surface area contributed by atoms with E-state index in [1.807, 2.05) is 0 Å². The van der Waals surface area contributed by atoms with Crippen LogP contribution in [-0.2, 0) is 10.1 Å². The Bertz CT molecular complexity index is 1300. The number of aromatic nitrogens is 2. The summed E-state index contributed by atoms with van der Waals surface area (Å²) in [4.78, 5) is 61.6. The Kier molecular flexibility index (Phi) is 4.24. The molecule has 1 aromatic carbocycles. The van der Waals surface area contributed by atoms with Crippen molar-refractivity contribution in [2.75, 3.05) is 0 Å². The number of H-pyrrole nitrogens is 2. The fourth-order valence-corrected chi connectivity index (χ4v) is 2.96. The van der Waals surface area contributed by atoms with E-state index in [9.17, 15) is 32.4 Å². The highest BCUT2D eigenvalue weighted by atomic mass is 32.2. The molecule has 144 valence electrons. The Labute approximate surface area is 152 Å². The van der Waals surface area contributed by atoms with Crippen molar-refractivity contribution in [3.05, 3.63) is 50.2 Å². The van der Waals surface area contributed by atoms with E-state index in [2.05, 4.69) is 10.2 Å². The van der Waals surface area contributed by atoms with Crippen molar-refractivity contribution in [1.82, 2.24) is 14.9 Å². The molecule has 15 heteroatoms. The third-order valence-electron chi connectivity index (χ3n) is 3.48. The second kappa shape index (κ2) is 6.32. The molecule has 0 fully saturated rings. The van der Waals surface area contributed by atoms with Crippen LogP contribution in [0.5, 0.6) is 0 Å². The van der Waals surface area contributed by atoms with E-state index in [0.717, 1.165) is 12.1 Å². The number of carbonyl (C=O) groups excluding carboxylic acids is 2. The second-order valence-electron chi connectivity index (χ2n) is 5.19. The lowest BCUT2D eigenvalue weighted by Gasteiger charge is -2.05. The van der Waals surface area contributed by atoms with Gasteiger partial charge in [0.25, 0.3) is 17.4 Å². The number of nitrogens with zero attached hydrogens (tertiary/aromatic N) is 3. The van der Waals surface area contributed by atoms with Gasteiger partial charge in [0.1, 0.15) is 0 Å². The number of hydrogen-bond donors (Lipinski definition) is 4. The minimum absolute atomic E-state index is 0.0555. The van der Waals surface area contributed by atoms with Crippen LogP contribution in [0.1, 0.15) is 20.7 Å². The topological polar surface area (TPSA) is 219 Å². The van der Waals surface area contributed by atoms with Gasteiger partial charge in [-0.25, -0.2) is 9.59 Å². The van der Waals surface area contributed by atoms with Crippen molar-refractivity contribution in [3.63, 3.8) is 0 Å². The molecule has 1 aliphatic rings. The smallest absolute Gasteiger partial charge is 0.421 e. The fourth-order valence-electron chi connectivity index (χ4n) is 2.37. The van der Waals surface area contributed by atoms with Gasteiger partial charge in [0.15, 0.2) is 10.7 Å². The molecule has 0 saturated carbocycles. The molecule has 3 rings (SSSR count). The molecule has 3 amide bonds. The molecule has 2 aromatic rings. The number of azo groups is 1. The van der Waals surface area contributed by atoms with Crippen LogP contribution >= 0.6 is 0 Å². The molecule has 2 heterocycles. The van der Waals surface area contributed by atoms with E-state index >= 15 is 0 Å². The molecular formula is C13H7N5O9S. The number of hydrogen-bond acceptors (Lipinski definition) is 9. The first kappa shape index (κ1) is 18.8. The summed E-state index contributed by atoms with van der Waals surface area (Å²) in [7, 11) is -5.07. The maximum atomic E-state index is 12.2. The molecule has 0 unspecified atom stereocenters. The number of fused-ring (bicyclic) bond motifs is 1. The van der Waals surface area contributed by atoms with Crippen LogP contribution in [-0.4, -0.2) is 50.9 Å². The maximum Gasteiger partial charge on any atom is 0.421 e. The first-order chi connectivity index (χ1) is 13.0. The largest absolute Gasteiger partial charge is 0.464 e. The molecule has 1 aliphatic heterocycles. The number of amides is 3. The van der Waals surface area contributed by atoms with E-state index in [1.165, 1.54) is 6.07 Å². The van der Waals surface area contributed by atoms with Gasteiger partial charge in [0.2, 0.25) is 0 Å². The van der Waals surface area contributed by atoms with Crippen LogP contribution in [0.15, 0.2) is 43.0 Å². The van der Waals surface area contributed by atoms with E-state index in [4.69, 9.17) is 9.66 Å². The molecule has 1 aromatic heterocycles. The predicted molar refractivity (Wildman–Crippen MR) is 86.6 cm³/mol. The molecule has 4 N–H and O–H groups in total. The molecule has 0 atom stereocenters. The van der Waals surface area contributed by atoms with Gasteiger partial charge in [-0.2, -0.15) is 13.3 Å². The van der Waals surface area contributed by atoms with Crippen molar-refractivity contribution in [2.45, 2.75) is 5.03 Å². The van der Waals surface area contributed by atoms with E-state index in [0.29, 0.717) is 0 Å². The normalized spacial score (nSPS) is 14.0. The summed E-state index contributed by atoms with van der Waals surface area (Å²) in [5.74, 6) is -2.34. The van der Waals surface area contributed by atoms with Crippen molar-refractivity contribution < 1.29 is 32.5 Å². The average molecular weight is 409 g/mol. The van der Waals surface area contributed by atoms with Crippen LogP contribution in [0.2, 0.25) is 0 Å². The highest BCUT2D eigenvalue weighted by Gasteiger charge is 2.41. The number of nitrogens with one attached hydrogen (secondary N) is 2. The summed E-state index contributed by atoms with van der Waals surface area (Å²) in [5.41, 5.74) is -4.66. The highest BCUT2D eigenvalue weighted by molar-refractivity contribution is 7.85.